The lowest BCUT2D eigenvalue weighted by Gasteiger charge is -2.19. The zero-order chi connectivity index (χ0) is 23.3. The number of H-pyrrole nitrogens is 1. The number of phosphoric acid groups is 1. The number of nitrogens with one attached hydrogen (secondary N) is 1. The summed E-state index contributed by atoms with van der Waals surface area (Å²) in [4.78, 5) is 45.0. The van der Waals surface area contributed by atoms with E-state index in [2.05, 4.69) is 28.8 Å². The van der Waals surface area contributed by atoms with Crippen molar-refractivity contribution in [3.05, 3.63) is 35.4 Å². The lowest BCUT2D eigenvalue weighted by atomic mass is 10.1. The quantitative estimate of drug-likeness (QED) is 0.201. The Morgan fingerprint density at radius 1 is 1.25 bits per heavy atom. The Morgan fingerprint density at radius 2 is 2.00 bits per heavy atom. The molecule has 0 amide bonds. The average molecular weight is 493 g/mol. The molecule has 1 aliphatic rings. The Kier molecular flexibility index (Phi) is 5.79. The second-order valence-corrected chi connectivity index (χ2v) is 9.89. The van der Waals surface area contributed by atoms with Crippen LogP contribution in [0.2, 0.25) is 0 Å². The molecule has 1 fully saturated rings. The fourth-order valence-electron chi connectivity index (χ4n) is 3.00. The first-order valence-electron chi connectivity index (χ1n) is 8.73. The molecular weight excluding hydrogens is 476 g/mol. The van der Waals surface area contributed by atoms with Crippen molar-refractivity contribution in [1.82, 2.24) is 28.8 Å². The highest BCUT2D eigenvalue weighted by Crippen LogP contribution is 2.60. The van der Waals surface area contributed by atoms with E-state index in [1.807, 2.05) is 0 Å². The highest BCUT2D eigenvalue weighted by molar-refractivity contribution is 7.63. The minimum absolute atomic E-state index is 0.0400. The van der Waals surface area contributed by atoms with Gasteiger partial charge in [-0.3, -0.25) is 18.9 Å². The monoisotopic (exact) mass is 493 g/mol. The molecule has 0 radical (unpaired) electrons. The number of fused-ring (bicyclic) bond motifs is 1. The number of nitrogens with zero attached hydrogens (tertiary/aromatic N) is 5. The van der Waals surface area contributed by atoms with Gasteiger partial charge in [-0.05, 0) is 0 Å². The normalized spacial score (nSPS) is 27.4. The van der Waals surface area contributed by atoms with Crippen LogP contribution in [0.25, 0.3) is 11.2 Å². The Hall–Kier alpha value is -2.46. The first-order valence-corrected chi connectivity index (χ1v) is 11.8. The van der Waals surface area contributed by atoms with Crippen LogP contribution in [0, 0.1) is 0 Å². The van der Waals surface area contributed by atoms with Crippen LogP contribution in [0.4, 0.5) is 5.95 Å². The Balaban J connectivity index is 1.48. The highest BCUT2D eigenvalue weighted by atomic mass is 31.3. The van der Waals surface area contributed by atoms with Crippen LogP contribution in [-0.2, 0) is 22.7 Å². The molecule has 4 unspecified atom stereocenters. The van der Waals surface area contributed by atoms with Gasteiger partial charge in [0.2, 0.25) is 5.95 Å². The summed E-state index contributed by atoms with van der Waals surface area (Å²) in [5, 5.41) is 20.6. The van der Waals surface area contributed by atoms with Gasteiger partial charge in [-0.15, -0.1) is 0 Å². The van der Waals surface area contributed by atoms with Crippen LogP contribution >= 0.6 is 15.6 Å². The first-order chi connectivity index (χ1) is 15.0. The van der Waals surface area contributed by atoms with Gasteiger partial charge in [-0.25, -0.2) is 23.4 Å². The molecule has 3 aromatic heterocycles. The number of ether oxygens (including phenoxy) is 1. The molecule has 6 atom stereocenters. The Morgan fingerprint density at radius 3 is 2.69 bits per heavy atom. The molecule has 0 bridgehead atoms. The molecule has 0 spiro atoms. The van der Waals surface area contributed by atoms with Crippen molar-refractivity contribution >= 4 is 32.7 Å². The summed E-state index contributed by atoms with van der Waals surface area (Å²) in [6.07, 6.45) is -1.68. The van der Waals surface area contributed by atoms with E-state index in [0.29, 0.717) is 4.34 Å². The lowest BCUT2D eigenvalue weighted by molar-refractivity contribution is -0.0502. The number of anilines is 1. The van der Waals surface area contributed by atoms with Crippen molar-refractivity contribution in [3.63, 3.8) is 0 Å². The molecule has 19 heteroatoms. The summed E-state index contributed by atoms with van der Waals surface area (Å²) in [7, 11) is -9.91. The Bertz CT molecular complexity index is 1280. The predicted molar refractivity (Wildman–Crippen MR) is 103 cm³/mol. The summed E-state index contributed by atoms with van der Waals surface area (Å²) in [6, 6.07) is 0. The zero-order valence-electron chi connectivity index (χ0n) is 15.8. The van der Waals surface area contributed by atoms with Crippen molar-refractivity contribution in [2.45, 2.75) is 24.5 Å². The number of nitrogens with two attached hydrogens (primary N) is 1. The molecule has 174 valence electrons. The van der Waals surface area contributed by atoms with E-state index in [-0.39, 0.29) is 17.1 Å². The number of nitrogen functional groups attached to an aromatic ring is 1. The number of phosphoric ester groups is 1. The summed E-state index contributed by atoms with van der Waals surface area (Å²) in [6.45, 7) is -0.810. The second kappa shape index (κ2) is 8.15. The van der Waals surface area contributed by atoms with Gasteiger partial charge in [0.15, 0.2) is 17.4 Å². The lowest BCUT2D eigenvalue weighted by Crippen LogP contribution is -2.33. The van der Waals surface area contributed by atoms with E-state index in [9.17, 15) is 33.9 Å². The molecule has 1 aliphatic heterocycles. The Labute approximate surface area is 177 Å². The maximum Gasteiger partial charge on any atom is 0.480 e. The molecule has 32 heavy (non-hydrogen) atoms. The van der Waals surface area contributed by atoms with Gasteiger partial charge < -0.3 is 30.5 Å². The summed E-state index contributed by atoms with van der Waals surface area (Å²) in [5.74, 6) is -0.220. The number of aliphatic hydroxyl groups excluding tert-OH is 2. The van der Waals surface area contributed by atoms with Crippen LogP contribution in [0.15, 0.2) is 29.8 Å². The molecule has 4 rings (SSSR count). The molecule has 0 aliphatic carbocycles. The number of hydrogen-bond acceptors (Lipinski definition) is 12. The number of aliphatic hydroxyl groups is 2. The molecule has 0 saturated carbocycles. The maximum atomic E-state index is 12.1. The van der Waals surface area contributed by atoms with Gasteiger partial charge >= 0.3 is 15.6 Å². The number of aromatic nitrogens is 6. The molecule has 4 heterocycles. The van der Waals surface area contributed by atoms with Crippen molar-refractivity contribution in [3.8, 4) is 0 Å². The van der Waals surface area contributed by atoms with Crippen molar-refractivity contribution in [2.75, 3.05) is 12.3 Å². The largest absolute Gasteiger partial charge is 0.480 e. The van der Waals surface area contributed by atoms with Crippen molar-refractivity contribution in [1.29, 1.82) is 0 Å². The number of aromatic amines is 1. The molecule has 0 aromatic carbocycles. The van der Waals surface area contributed by atoms with Crippen LogP contribution in [0.1, 0.15) is 6.23 Å². The van der Waals surface area contributed by atoms with E-state index in [1.54, 1.807) is 0 Å². The topological polar surface area (TPSA) is 250 Å². The third kappa shape index (κ3) is 4.25. The molecule has 7 N–H and O–H groups in total. The summed E-state index contributed by atoms with van der Waals surface area (Å²) >= 11 is 0. The molecular formula is C13H17N7O10P2. The van der Waals surface area contributed by atoms with Gasteiger partial charge in [0.1, 0.15) is 24.6 Å². The van der Waals surface area contributed by atoms with Gasteiger partial charge in [0.25, 0.3) is 5.56 Å². The van der Waals surface area contributed by atoms with Crippen LogP contribution in [0.5, 0.6) is 0 Å². The van der Waals surface area contributed by atoms with Gasteiger partial charge in [0.05, 0.1) is 12.9 Å². The SMILES string of the molecule is Nc1nc2c(ncn2C2OC(COP(=O)(O)OP(=O)(O)n3ccnc3)[C@H](O)[C@@H]2O)c(=O)[nH]1. The molecule has 3 aromatic rings. The maximum absolute atomic E-state index is 12.1. The number of imidazole rings is 2. The van der Waals surface area contributed by atoms with Gasteiger partial charge in [-0.2, -0.15) is 9.29 Å². The van der Waals surface area contributed by atoms with E-state index in [4.69, 9.17) is 10.5 Å². The van der Waals surface area contributed by atoms with Gasteiger partial charge in [0, 0.05) is 12.4 Å². The minimum Gasteiger partial charge on any atom is -0.387 e. The second-order valence-electron chi connectivity index (χ2n) is 6.60. The van der Waals surface area contributed by atoms with Crippen LogP contribution in [0.3, 0.4) is 0 Å². The summed E-state index contributed by atoms with van der Waals surface area (Å²) < 4.78 is 40.4. The summed E-state index contributed by atoms with van der Waals surface area (Å²) in [5.41, 5.74) is 4.74. The van der Waals surface area contributed by atoms with Crippen molar-refractivity contribution in [2.24, 2.45) is 0 Å². The van der Waals surface area contributed by atoms with E-state index >= 15 is 0 Å². The standard InChI is InChI=1S/C13H17N7O10P2/c14-13-17-10-7(11(23)18-13)16-5-20(10)12-9(22)8(21)6(29-12)3-28-32(26,27)30-31(24,25)19-2-1-15-4-19/h1-2,4-6,8-9,12,21-22H,3H2,(H,24,25)(H,26,27)(H3,14,17,18,23)/t6?,8-,9-,12?/m0/s1. The van der Waals surface area contributed by atoms with Gasteiger partial charge in [-0.1, -0.05) is 0 Å². The van der Waals surface area contributed by atoms with Crippen molar-refractivity contribution < 1.29 is 42.7 Å². The molecule has 1 saturated heterocycles. The van der Waals surface area contributed by atoms with Crippen LogP contribution < -0.4 is 11.3 Å². The third-order valence-corrected chi connectivity index (χ3v) is 7.43. The smallest absolute Gasteiger partial charge is 0.387 e. The average Bonchev–Trinajstić information content (AvgIpc) is 3.41. The minimum atomic E-state index is -5.11. The molecule has 17 nitrogen and oxygen atoms in total. The predicted octanol–water partition coefficient (Wildman–Crippen LogP) is -1.70. The van der Waals surface area contributed by atoms with E-state index in [1.165, 1.54) is 0 Å². The fourth-order valence-corrected chi connectivity index (χ4v) is 5.35. The zero-order valence-corrected chi connectivity index (χ0v) is 17.6. The van der Waals surface area contributed by atoms with E-state index < -0.39 is 52.3 Å². The fraction of sp³-hybridized carbons (Fsp3) is 0.385. The third-order valence-electron chi connectivity index (χ3n) is 4.46. The van der Waals surface area contributed by atoms with Crippen LogP contribution in [-0.4, -0.2) is 73.8 Å². The number of rotatable bonds is 7. The number of hydrogen-bond donors (Lipinski definition) is 6. The highest BCUT2D eigenvalue weighted by Gasteiger charge is 2.46. The van der Waals surface area contributed by atoms with E-state index in [0.717, 1.165) is 29.6 Å². The first kappa shape index (κ1) is 22.7.